The highest BCUT2D eigenvalue weighted by molar-refractivity contribution is 5.96. The van der Waals surface area contributed by atoms with E-state index in [-0.39, 0.29) is 24.4 Å². The highest BCUT2D eigenvalue weighted by atomic mass is 16.2. The van der Waals surface area contributed by atoms with Crippen LogP contribution >= 0.6 is 0 Å². The highest BCUT2D eigenvalue weighted by Gasteiger charge is 2.11. The number of carbonyl (C=O) groups excluding carboxylic acids is 2. The molecule has 4 N–H and O–H groups in total. The van der Waals surface area contributed by atoms with Crippen molar-refractivity contribution >= 4 is 17.5 Å². The molecule has 0 aliphatic rings. The van der Waals surface area contributed by atoms with Crippen LogP contribution in [0.5, 0.6) is 0 Å². The van der Waals surface area contributed by atoms with Crippen LogP contribution in [0.2, 0.25) is 0 Å². The van der Waals surface area contributed by atoms with E-state index < -0.39 is 0 Å². The van der Waals surface area contributed by atoms with E-state index in [9.17, 15) is 9.59 Å². The molecule has 0 aliphatic heterocycles. The van der Waals surface area contributed by atoms with Crippen molar-refractivity contribution in [3.63, 3.8) is 0 Å². The first-order chi connectivity index (χ1) is 9.56. The summed E-state index contributed by atoms with van der Waals surface area (Å²) in [5.41, 5.74) is 6.58. The molecular formula is C15H19N3O2. The zero-order chi connectivity index (χ0) is 15.0. The van der Waals surface area contributed by atoms with Crippen molar-refractivity contribution in [2.75, 3.05) is 12.3 Å². The number of carbonyl (C=O) groups is 2. The number of hydrogen-bond donors (Lipinski definition) is 3. The molecule has 5 heteroatoms. The number of benzene rings is 1. The van der Waals surface area contributed by atoms with Gasteiger partial charge in [-0.1, -0.05) is 6.92 Å². The Morgan fingerprint density at radius 1 is 1.35 bits per heavy atom. The molecule has 0 radical (unpaired) electrons. The fourth-order valence-electron chi connectivity index (χ4n) is 1.62. The average Bonchev–Trinajstić information content (AvgIpc) is 2.45. The Hall–Kier alpha value is -2.48. The first kappa shape index (κ1) is 15.6. The number of rotatable bonds is 6. The van der Waals surface area contributed by atoms with Crippen LogP contribution in [0.4, 0.5) is 5.69 Å². The Morgan fingerprint density at radius 2 is 2.00 bits per heavy atom. The zero-order valence-corrected chi connectivity index (χ0v) is 11.5. The second kappa shape index (κ2) is 7.85. The second-order valence-corrected chi connectivity index (χ2v) is 4.39. The van der Waals surface area contributed by atoms with Crippen LogP contribution < -0.4 is 16.4 Å². The monoisotopic (exact) mass is 273 g/mol. The van der Waals surface area contributed by atoms with Gasteiger partial charge < -0.3 is 16.4 Å². The van der Waals surface area contributed by atoms with E-state index in [1.807, 2.05) is 6.92 Å². The SMILES string of the molecule is C#CCC(CC)NC(=O)CNC(=O)c1ccc(N)cc1. The summed E-state index contributed by atoms with van der Waals surface area (Å²) in [6.45, 7) is 1.86. The fraction of sp³-hybridized carbons (Fsp3) is 0.333. The Balaban J connectivity index is 2.42. The lowest BCUT2D eigenvalue weighted by molar-refractivity contribution is -0.120. The van der Waals surface area contributed by atoms with Gasteiger partial charge in [-0.2, -0.15) is 0 Å². The molecular weight excluding hydrogens is 254 g/mol. The second-order valence-electron chi connectivity index (χ2n) is 4.39. The number of nitrogens with two attached hydrogens (primary N) is 1. The van der Waals surface area contributed by atoms with Crippen molar-refractivity contribution in [1.29, 1.82) is 0 Å². The normalized spacial score (nSPS) is 11.2. The third-order valence-corrected chi connectivity index (χ3v) is 2.80. The van der Waals surface area contributed by atoms with E-state index >= 15 is 0 Å². The molecule has 0 saturated carbocycles. The summed E-state index contributed by atoms with van der Waals surface area (Å²) in [7, 11) is 0. The molecule has 0 bridgehead atoms. The lowest BCUT2D eigenvalue weighted by atomic mass is 10.1. The first-order valence-corrected chi connectivity index (χ1v) is 6.43. The van der Waals surface area contributed by atoms with Crippen LogP contribution in [0.3, 0.4) is 0 Å². The van der Waals surface area contributed by atoms with Gasteiger partial charge in [0.15, 0.2) is 0 Å². The van der Waals surface area contributed by atoms with Crippen molar-refractivity contribution in [2.24, 2.45) is 0 Å². The van der Waals surface area contributed by atoms with Gasteiger partial charge in [0, 0.05) is 23.7 Å². The topological polar surface area (TPSA) is 84.2 Å². The summed E-state index contributed by atoms with van der Waals surface area (Å²) in [4.78, 5) is 23.4. The quantitative estimate of drug-likeness (QED) is 0.532. The van der Waals surface area contributed by atoms with E-state index in [1.165, 1.54) is 0 Å². The summed E-state index contributed by atoms with van der Waals surface area (Å²) in [5, 5.41) is 5.31. The summed E-state index contributed by atoms with van der Waals surface area (Å²) < 4.78 is 0. The summed E-state index contributed by atoms with van der Waals surface area (Å²) in [6, 6.07) is 6.43. The number of terminal acetylenes is 1. The van der Waals surface area contributed by atoms with E-state index in [0.29, 0.717) is 17.7 Å². The van der Waals surface area contributed by atoms with Crippen LogP contribution in [0.25, 0.3) is 0 Å². The molecule has 106 valence electrons. The van der Waals surface area contributed by atoms with Crippen molar-refractivity contribution in [1.82, 2.24) is 10.6 Å². The molecule has 0 heterocycles. The van der Waals surface area contributed by atoms with Gasteiger partial charge in [-0.3, -0.25) is 9.59 Å². The lowest BCUT2D eigenvalue weighted by Crippen LogP contribution is -2.41. The Kier molecular flexibility index (Phi) is 6.11. The summed E-state index contributed by atoms with van der Waals surface area (Å²) in [5.74, 6) is 1.94. The predicted molar refractivity (Wildman–Crippen MR) is 78.9 cm³/mol. The van der Waals surface area contributed by atoms with E-state index in [0.717, 1.165) is 6.42 Å². The van der Waals surface area contributed by atoms with Crippen molar-refractivity contribution < 1.29 is 9.59 Å². The molecule has 5 nitrogen and oxygen atoms in total. The maximum Gasteiger partial charge on any atom is 0.251 e. The lowest BCUT2D eigenvalue weighted by Gasteiger charge is -2.14. The molecule has 0 aromatic heterocycles. The third kappa shape index (κ3) is 5.02. The molecule has 1 atom stereocenters. The Labute approximate surface area is 118 Å². The molecule has 2 amide bonds. The van der Waals surface area contributed by atoms with E-state index in [1.54, 1.807) is 24.3 Å². The van der Waals surface area contributed by atoms with Gasteiger partial charge in [0.1, 0.15) is 0 Å². The number of anilines is 1. The van der Waals surface area contributed by atoms with Gasteiger partial charge in [0.25, 0.3) is 5.91 Å². The van der Waals surface area contributed by atoms with Gasteiger partial charge in [-0.25, -0.2) is 0 Å². The molecule has 0 spiro atoms. The van der Waals surface area contributed by atoms with Gasteiger partial charge in [0.2, 0.25) is 5.91 Å². The van der Waals surface area contributed by atoms with Crippen molar-refractivity contribution in [3.8, 4) is 12.3 Å². The number of nitrogen functional groups attached to an aromatic ring is 1. The van der Waals surface area contributed by atoms with Crippen LogP contribution in [0, 0.1) is 12.3 Å². The highest BCUT2D eigenvalue weighted by Crippen LogP contribution is 2.04. The number of hydrogen-bond acceptors (Lipinski definition) is 3. The van der Waals surface area contributed by atoms with Gasteiger partial charge in [-0.15, -0.1) is 12.3 Å². The molecule has 0 aliphatic carbocycles. The molecule has 1 unspecified atom stereocenters. The molecule has 0 fully saturated rings. The molecule has 0 saturated heterocycles. The van der Waals surface area contributed by atoms with E-state index in [2.05, 4.69) is 16.6 Å². The molecule has 1 aromatic carbocycles. The van der Waals surface area contributed by atoms with Crippen LogP contribution in [0.15, 0.2) is 24.3 Å². The van der Waals surface area contributed by atoms with Gasteiger partial charge in [-0.05, 0) is 30.7 Å². The number of nitrogens with one attached hydrogen (secondary N) is 2. The third-order valence-electron chi connectivity index (χ3n) is 2.80. The summed E-state index contributed by atoms with van der Waals surface area (Å²) in [6.07, 6.45) is 6.44. The minimum absolute atomic E-state index is 0.0547. The van der Waals surface area contributed by atoms with Crippen molar-refractivity contribution in [2.45, 2.75) is 25.8 Å². The van der Waals surface area contributed by atoms with E-state index in [4.69, 9.17) is 12.2 Å². The van der Waals surface area contributed by atoms with Gasteiger partial charge in [0.05, 0.1) is 6.54 Å². The maximum absolute atomic E-state index is 11.8. The smallest absolute Gasteiger partial charge is 0.251 e. The minimum atomic E-state index is -0.315. The Morgan fingerprint density at radius 3 is 2.55 bits per heavy atom. The van der Waals surface area contributed by atoms with Gasteiger partial charge >= 0.3 is 0 Å². The Bertz CT molecular complexity index is 503. The van der Waals surface area contributed by atoms with Crippen LogP contribution in [-0.4, -0.2) is 24.4 Å². The molecule has 20 heavy (non-hydrogen) atoms. The number of amides is 2. The zero-order valence-electron chi connectivity index (χ0n) is 11.5. The van der Waals surface area contributed by atoms with Crippen LogP contribution in [-0.2, 0) is 4.79 Å². The fourth-order valence-corrected chi connectivity index (χ4v) is 1.62. The van der Waals surface area contributed by atoms with Crippen molar-refractivity contribution in [3.05, 3.63) is 29.8 Å². The largest absolute Gasteiger partial charge is 0.399 e. The van der Waals surface area contributed by atoms with Crippen LogP contribution in [0.1, 0.15) is 30.1 Å². The standard InChI is InChI=1S/C15H19N3O2/c1-3-5-13(4-2)18-14(19)10-17-15(20)11-6-8-12(16)9-7-11/h1,6-9,13H,4-5,10,16H2,2H3,(H,17,20)(H,18,19). The molecule has 1 aromatic rings. The average molecular weight is 273 g/mol. The summed E-state index contributed by atoms with van der Waals surface area (Å²) >= 11 is 0. The first-order valence-electron chi connectivity index (χ1n) is 6.43. The predicted octanol–water partition coefficient (Wildman–Crippen LogP) is 0.917. The molecule has 1 rings (SSSR count). The minimum Gasteiger partial charge on any atom is -0.399 e. The maximum atomic E-state index is 11.8.